The molecule has 0 atom stereocenters. The molecule has 1 aromatic rings. The van der Waals surface area contributed by atoms with Gasteiger partial charge < -0.3 is 10.1 Å². The van der Waals surface area contributed by atoms with Gasteiger partial charge in [-0.05, 0) is 30.7 Å². The Hall–Kier alpha value is -1.71. The molecule has 1 amide bonds. The summed E-state index contributed by atoms with van der Waals surface area (Å²) in [5, 5.41) is 2.44. The van der Waals surface area contributed by atoms with E-state index < -0.39 is 9.05 Å². The van der Waals surface area contributed by atoms with Gasteiger partial charge in [0.1, 0.15) is 5.75 Å². The van der Waals surface area contributed by atoms with Gasteiger partial charge in [0.05, 0.1) is 11.4 Å². The van der Waals surface area contributed by atoms with Crippen LogP contribution in [0.3, 0.4) is 0 Å². The Bertz CT molecular complexity index is 619. The molecular formula is C12H12ClNO4S. The number of aryl methyl sites for hydroxylation is 1. The van der Waals surface area contributed by atoms with E-state index in [1.807, 2.05) is 0 Å². The summed E-state index contributed by atoms with van der Waals surface area (Å²) in [6, 6.07) is 4.13. The number of carbonyl (C=O) groups is 1. The van der Waals surface area contributed by atoms with Crippen molar-refractivity contribution in [2.45, 2.75) is 11.8 Å². The first-order valence-electron chi connectivity index (χ1n) is 5.23. The highest BCUT2D eigenvalue weighted by molar-refractivity contribution is 8.13. The van der Waals surface area contributed by atoms with Crippen molar-refractivity contribution in [1.29, 1.82) is 0 Å². The van der Waals surface area contributed by atoms with Gasteiger partial charge in [-0.2, -0.15) is 0 Å². The number of nitrogens with one attached hydrogen (secondary N) is 1. The molecule has 7 heteroatoms. The summed E-state index contributed by atoms with van der Waals surface area (Å²) in [4.78, 5) is 11.2. The van der Waals surface area contributed by atoms with Crippen molar-refractivity contribution in [3.8, 4) is 18.1 Å². The highest BCUT2D eigenvalue weighted by atomic mass is 35.7. The number of ether oxygens (including phenoxy) is 1. The first-order valence-corrected chi connectivity index (χ1v) is 7.54. The first kappa shape index (κ1) is 15.3. The van der Waals surface area contributed by atoms with Crippen molar-refractivity contribution >= 4 is 25.6 Å². The molecule has 0 aromatic heterocycles. The molecule has 19 heavy (non-hydrogen) atoms. The summed E-state index contributed by atoms with van der Waals surface area (Å²) in [5.41, 5.74) is 0.562. The molecule has 1 N–H and O–H groups in total. The van der Waals surface area contributed by atoms with Crippen molar-refractivity contribution in [3.05, 3.63) is 23.8 Å². The van der Waals surface area contributed by atoms with Gasteiger partial charge in [-0.15, -0.1) is 6.42 Å². The third-order valence-corrected chi connectivity index (χ3v) is 3.53. The Balaban J connectivity index is 2.71. The fourth-order valence-corrected chi connectivity index (χ4v) is 2.12. The summed E-state index contributed by atoms with van der Waals surface area (Å²) < 4.78 is 27.5. The summed E-state index contributed by atoms with van der Waals surface area (Å²) in [5.74, 6) is 2.31. The van der Waals surface area contributed by atoms with Gasteiger partial charge in [0.15, 0.2) is 6.61 Å². The number of benzene rings is 1. The number of rotatable bonds is 5. The van der Waals surface area contributed by atoms with E-state index in [-0.39, 0.29) is 24.0 Å². The molecule has 0 saturated carbocycles. The largest absolute Gasteiger partial charge is 0.484 e. The molecule has 0 saturated heterocycles. The molecule has 1 rings (SSSR count). The van der Waals surface area contributed by atoms with E-state index in [9.17, 15) is 13.2 Å². The van der Waals surface area contributed by atoms with Crippen molar-refractivity contribution in [1.82, 2.24) is 5.32 Å². The molecule has 102 valence electrons. The number of carbonyl (C=O) groups excluding carboxylic acids is 1. The number of terminal acetylenes is 1. The molecule has 0 heterocycles. The van der Waals surface area contributed by atoms with Gasteiger partial charge in [0, 0.05) is 10.7 Å². The molecule has 0 unspecified atom stereocenters. The van der Waals surface area contributed by atoms with Crippen LogP contribution in [-0.4, -0.2) is 27.5 Å². The van der Waals surface area contributed by atoms with Crippen LogP contribution in [0.1, 0.15) is 5.56 Å². The van der Waals surface area contributed by atoms with E-state index in [1.165, 1.54) is 18.2 Å². The maximum absolute atomic E-state index is 11.3. The predicted octanol–water partition coefficient (Wildman–Crippen LogP) is 1.05. The average Bonchev–Trinajstić information content (AvgIpc) is 2.33. The second-order valence-electron chi connectivity index (χ2n) is 3.63. The van der Waals surface area contributed by atoms with Gasteiger partial charge in [-0.3, -0.25) is 4.79 Å². The number of amides is 1. The van der Waals surface area contributed by atoms with E-state index in [0.29, 0.717) is 11.3 Å². The van der Waals surface area contributed by atoms with Crippen molar-refractivity contribution in [3.63, 3.8) is 0 Å². The molecule has 0 fully saturated rings. The molecular weight excluding hydrogens is 290 g/mol. The van der Waals surface area contributed by atoms with Crippen molar-refractivity contribution in [2.75, 3.05) is 13.2 Å². The maximum Gasteiger partial charge on any atom is 0.261 e. The molecule has 5 nitrogen and oxygen atoms in total. The Morgan fingerprint density at radius 3 is 2.74 bits per heavy atom. The number of hydrogen-bond acceptors (Lipinski definition) is 4. The Kier molecular flexibility index (Phi) is 5.21. The van der Waals surface area contributed by atoms with E-state index in [2.05, 4.69) is 11.2 Å². The third-order valence-electron chi connectivity index (χ3n) is 2.17. The highest BCUT2D eigenvalue weighted by Crippen LogP contribution is 2.23. The maximum atomic E-state index is 11.3. The Labute approximate surface area is 116 Å². The van der Waals surface area contributed by atoms with Crippen LogP contribution in [-0.2, 0) is 13.8 Å². The Morgan fingerprint density at radius 1 is 1.53 bits per heavy atom. The zero-order chi connectivity index (χ0) is 14.5. The van der Waals surface area contributed by atoms with E-state index in [4.69, 9.17) is 21.8 Å². The minimum atomic E-state index is -3.77. The minimum Gasteiger partial charge on any atom is -0.484 e. The van der Waals surface area contributed by atoms with Crippen LogP contribution >= 0.6 is 10.7 Å². The lowest BCUT2D eigenvalue weighted by molar-refractivity contribution is -0.122. The van der Waals surface area contributed by atoms with Crippen LogP contribution in [0.15, 0.2) is 23.1 Å². The van der Waals surface area contributed by atoms with Crippen LogP contribution in [0.25, 0.3) is 0 Å². The SMILES string of the molecule is C#CCNC(=O)COc1ccc(S(=O)(=O)Cl)cc1C. The summed E-state index contributed by atoms with van der Waals surface area (Å²) >= 11 is 0. The molecule has 0 spiro atoms. The monoisotopic (exact) mass is 301 g/mol. The highest BCUT2D eigenvalue weighted by Gasteiger charge is 2.12. The molecule has 0 aliphatic rings. The quantitative estimate of drug-likeness (QED) is 0.652. The summed E-state index contributed by atoms with van der Waals surface area (Å²) in [6.45, 7) is 1.58. The van der Waals surface area contributed by atoms with Crippen molar-refractivity contribution in [2.24, 2.45) is 0 Å². The zero-order valence-electron chi connectivity index (χ0n) is 10.1. The first-order chi connectivity index (χ1) is 8.84. The zero-order valence-corrected chi connectivity index (χ0v) is 11.7. The van der Waals surface area contributed by atoms with Crippen LogP contribution in [0, 0.1) is 19.3 Å². The van der Waals surface area contributed by atoms with Crippen LogP contribution in [0.4, 0.5) is 0 Å². The fraction of sp³-hybridized carbons (Fsp3) is 0.250. The van der Waals surface area contributed by atoms with Gasteiger partial charge in [0.2, 0.25) is 0 Å². The van der Waals surface area contributed by atoms with Gasteiger partial charge in [-0.25, -0.2) is 8.42 Å². The predicted molar refractivity (Wildman–Crippen MR) is 71.6 cm³/mol. The Morgan fingerprint density at radius 2 is 2.21 bits per heavy atom. The van der Waals surface area contributed by atoms with Gasteiger partial charge in [0.25, 0.3) is 15.0 Å². The number of hydrogen-bond donors (Lipinski definition) is 1. The molecule has 0 bridgehead atoms. The topological polar surface area (TPSA) is 72.5 Å². The van der Waals surface area contributed by atoms with Gasteiger partial charge in [-0.1, -0.05) is 5.92 Å². The van der Waals surface area contributed by atoms with E-state index in [1.54, 1.807) is 6.92 Å². The van der Waals surface area contributed by atoms with Crippen LogP contribution in [0.2, 0.25) is 0 Å². The normalized spacial score (nSPS) is 10.6. The smallest absolute Gasteiger partial charge is 0.261 e. The molecule has 0 aliphatic carbocycles. The van der Waals surface area contributed by atoms with Crippen molar-refractivity contribution < 1.29 is 17.9 Å². The second-order valence-corrected chi connectivity index (χ2v) is 6.20. The molecule has 0 aliphatic heterocycles. The average molecular weight is 302 g/mol. The molecule has 0 radical (unpaired) electrons. The van der Waals surface area contributed by atoms with Crippen LogP contribution in [0.5, 0.6) is 5.75 Å². The summed E-state index contributed by atoms with van der Waals surface area (Å²) in [6.07, 6.45) is 4.99. The summed E-state index contributed by atoms with van der Waals surface area (Å²) in [7, 11) is 1.45. The lowest BCUT2D eigenvalue weighted by atomic mass is 10.2. The molecule has 1 aromatic carbocycles. The van der Waals surface area contributed by atoms with Crippen LogP contribution < -0.4 is 10.1 Å². The lowest BCUT2D eigenvalue weighted by Gasteiger charge is -2.09. The van der Waals surface area contributed by atoms with E-state index >= 15 is 0 Å². The third kappa shape index (κ3) is 4.81. The standard InChI is InChI=1S/C12H12ClNO4S/c1-3-6-14-12(15)8-18-11-5-4-10(7-9(11)2)19(13,16)17/h1,4-5,7H,6,8H2,2H3,(H,14,15). The fourth-order valence-electron chi connectivity index (χ4n) is 1.28. The minimum absolute atomic E-state index is 0.0178. The lowest BCUT2D eigenvalue weighted by Crippen LogP contribution is -2.29. The van der Waals surface area contributed by atoms with Gasteiger partial charge >= 0.3 is 0 Å². The van der Waals surface area contributed by atoms with E-state index in [0.717, 1.165) is 0 Å². The second kappa shape index (κ2) is 6.45. The number of halogens is 1.